The molecule has 0 aliphatic heterocycles. The molecule has 21 heavy (non-hydrogen) atoms. The second-order valence-electron chi connectivity index (χ2n) is 4.58. The van der Waals surface area contributed by atoms with Crippen LogP contribution in [0.2, 0.25) is 0 Å². The lowest BCUT2D eigenvalue weighted by atomic mass is 10.4. The van der Waals surface area contributed by atoms with Gasteiger partial charge < -0.3 is 9.30 Å². The van der Waals surface area contributed by atoms with Gasteiger partial charge in [0.2, 0.25) is 0 Å². The third-order valence-electron chi connectivity index (χ3n) is 3.22. The minimum Gasteiger partial charge on any atom is -0.468 e. The van der Waals surface area contributed by atoms with E-state index in [1.165, 1.54) is 7.11 Å². The Labute approximate surface area is 129 Å². The molecule has 0 bridgehead atoms. The monoisotopic (exact) mass is 322 g/mol. The van der Waals surface area contributed by atoms with Crippen LogP contribution in [0.25, 0.3) is 0 Å². The van der Waals surface area contributed by atoms with Crippen molar-refractivity contribution in [1.82, 2.24) is 0 Å². The molecule has 3 nitrogen and oxygen atoms in total. The first-order chi connectivity index (χ1) is 10.1. The van der Waals surface area contributed by atoms with Gasteiger partial charge in [-0.1, -0.05) is 60.7 Å². The quantitative estimate of drug-likeness (QED) is 0.483. The maximum absolute atomic E-state index is 13.6. The number of hydrogen-bond donors (Lipinski definition) is 0. The molecule has 110 valence electrons. The second-order valence-corrected chi connectivity index (χ2v) is 7.99. The van der Waals surface area contributed by atoms with Crippen LogP contribution in [0.4, 0.5) is 0 Å². The van der Waals surface area contributed by atoms with E-state index in [4.69, 9.17) is 11.6 Å². The SMILES string of the molecule is COC(=O)C(Cl)CP(=O)(c1ccccc1)c1ccccc1. The molecular formula is C16H16ClO3P. The van der Waals surface area contributed by atoms with Crippen molar-refractivity contribution in [2.75, 3.05) is 13.3 Å². The van der Waals surface area contributed by atoms with Crippen LogP contribution in [0.1, 0.15) is 0 Å². The van der Waals surface area contributed by atoms with E-state index in [1.54, 1.807) is 24.3 Å². The van der Waals surface area contributed by atoms with Crippen LogP contribution < -0.4 is 10.6 Å². The highest BCUT2D eigenvalue weighted by molar-refractivity contribution is 7.78. The summed E-state index contributed by atoms with van der Waals surface area (Å²) in [6, 6.07) is 18.2. The highest BCUT2D eigenvalue weighted by Crippen LogP contribution is 2.44. The van der Waals surface area contributed by atoms with Gasteiger partial charge in [0.05, 0.1) is 7.11 Å². The highest BCUT2D eigenvalue weighted by Gasteiger charge is 2.33. The second kappa shape index (κ2) is 6.93. The van der Waals surface area contributed by atoms with Crippen LogP contribution in [-0.2, 0) is 14.1 Å². The Hall–Kier alpha value is -1.57. The summed E-state index contributed by atoms with van der Waals surface area (Å²) in [5.74, 6) is -0.566. The van der Waals surface area contributed by atoms with Crippen LogP contribution in [0, 0.1) is 0 Å². The molecule has 0 saturated carbocycles. The smallest absolute Gasteiger partial charge is 0.324 e. The van der Waals surface area contributed by atoms with E-state index in [0.717, 1.165) is 0 Å². The maximum atomic E-state index is 13.6. The number of methoxy groups -OCH3 is 1. The average Bonchev–Trinajstić information content (AvgIpc) is 2.55. The van der Waals surface area contributed by atoms with E-state index in [-0.39, 0.29) is 6.16 Å². The summed E-state index contributed by atoms with van der Waals surface area (Å²) in [5.41, 5.74) is 0. The Kier molecular flexibility index (Phi) is 5.22. The van der Waals surface area contributed by atoms with Crippen molar-refractivity contribution >= 4 is 35.3 Å². The number of halogens is 1. The van der Waals surface area contributed by atoms with Crippen LogP contribution in [0.5, 0.6) is 0 Å². The zero-order valence-corrected chi connectivity index (χ0v) is 13.3. The number of rotatable bonds is 5. The van der Waals surface area contributed by atoms with E-state index >= 15 is 0 Å². The molecule has 1 unspecified atom stereocenters. The van der Waals surface area contributed by atoms with Crippen LogP contribution in [0.3, 0.4) is 0 Å². The number of hydrogen-bond acceptors (Lipinski definition) is 3. The molecule has 5 heteroatoms. The standard InChI is InChI=1S/C16H16ClO3P/c1-20-16(18)15(17)12-21(19,13-8-4-2-5-9-13)14-10-6-3-7-11-14/h2-11,15H,12H2,1H3. The normalized spacial score (nSPS) is 12.7. The molecule has 2 rings (SSSR count). The van der Waals surface area contributed by atoms with Crippen molar-refractivity contribution in [3.05, 3.63) is 60.7 Å². The van der Waals surface area contributed by atoms with Crippen molar-refractivity contribution in [3.8, 4) is 0 Å². The fourth-order valence-corrected chi connectivity index (χ4v) is 5.43. The molecule has 0 N–H and O–H groups in total. The number of esters is 1. The zero-order valence-electron chi connectivity index (χ0n) is 11.6. The Morgan fingerprint density at radius 2 is 1.48 bits per heavy atom. The topological polar surface area (TPSA) is 43.4 Å². The molecule has 0 amide bonds. The van der Waals surface area contributed by atoms with Crippen molar-refractivity contribution in [1.29, 1.82) is 0 Å². The minimum atomic E-state index is -2.98. The van der Waals surface area contributed by atoms with Gasteiger partial charge in [-0.2, -0.15) is 0 Å². The predicted octanol–water partition coefficient (Wildman–Crippen LogP) is 2.78. The van der Waals surface area contributed by atoms with Crippen molar-refractivity contribution in [2.24, 2.45) is 0 Å². The summed E-state index contributed by atoms with van der Waals surface area (Å²) < 4.78 is 18.2. The third kappa shape index (κ3) is 3.55. The fourth-order valence-electron chi connectivity index (χ4n) is 2.13. The van der Waals surface area contributed by atoms with E-state index in [1.807, 2.05) is 36.4 Å². The van der Waals surface area contributed by atoms with E-state index in [2.05, 4.69) is 4.74 Å². The number of ether oxygens (including phenoxy) is 1. The number of carbonyl (C=O) groups excluding carboxylic acids is 1. The molecule has 0 aliphatic carbocycles. The van der Waals surface area contributed by atoms with Gasteiger partial charge in [-0.05, 0) is 0 Å². The molecule has 2 aromatic rings. The van der Waals surface area contributed by atoms with Gasteiger partial charge in [0.15, 0.2) is 0 Å². The minimum absolute atomic E-state index is 0.0370. The van der Waals surface area contributed by atoms with Gasteiger partial charge in [-0.25, -0.2) is 0 Å². The number of carbonyl (C=O) groups is 1. The summed E-state index contributed by atoms with van der Waals surface area (Å²) in [7, 11) is -1.71. The first kappa shape index (κ1) is 15.8. The van der Waals surface area contributed by atoms with Crippen molar-refractivity contribution in [2.45, 2.75) is 5.38 Å². The maximum Gasteiger partial charge on any atom is 0.324 e. The van der Waals surface area contributed by atoms with Gasteiger partial charge in [-0.15, -0.1) is 11.6 Å². The first-order valence-corrected chi connectivity index (χ1v) is 8.83. The summed E-state index contributed by atoms with van der Waals surface area (Å²) in [4.78, 5) is 11.6. The van der Waals surface area contributed by atoms with Gasteiger partial charge in [0.1, 0.15) is 12.5 Å². The first-order valence-electron chi connectivity index (χ1n) is 6.50. The Morgan fingerprint density at radius 3 is 1.86 bits per heavy atom. The fraction of sp³-hybridized carbons (Fsp3) is 0.188. The average molecular weight is 323 g/mol. The Morgan fingerprint density at radius 1 is 1.05 bits per heavy atom. The zero-order chi connectivity index (χ0) is 15.3. The lowest BCUT2D eigenvalue weighted by molar-refractivity contribution is -0.139. The van der Waals surface area contributed by atoms with E-state index < -0.39 is 18.5 Å². The van der Waals surface area contributed by atoms with Gasteiger partial charge in [0.25, 0.3) is 0 Å². The molecule has 0 heterocycles. The van der Waals surface area contributed by atoms with Crippen molar-refractivity contribution in [3.63, 3.8) is 0 Å². The molecular weight excluding hydrogens is 307 g/mol. The molecule has 1 atom stereocenters. The van der Waals surface area contributed by atoms with Crippen LogP contribution in [0.15, 0.2) is 60.7 Å². The van der Waals surface area contributed by atoms with Crippen LogP contribution >= 0.6 is 18.7 Å². The highest BCUT2D eigenvalue weighted by atomic mass is 35.5. The number of benzene rings is 2. The summed E-state index contributed by atoms with van der Waals surface area (Å²) >= 11 is 6.07. The molecule has 0 saturated heterocycles. The predicted molar refractivity (Wildman–Crippen MR) is 86.3 cm³/mol. The van der Waals surface area contributed by atoms with Gasteiger partial charge >= 0.3 is 5.97 Å². The van der Waals surface area contributed by atoms with E-state index in [0.29, 0.717) is 10.6 Å². The third-order valence-corrected chi connectivity index (χ3v) is 6.91. The van der Waals surface area contributed by atoms with Crippen LogP contribution in [-0.4, -0.2) is 24.6 Å². The van der Waals surface area contributed by atoms with Gasteiger partial charge in [-0.3, -0.25) is 4.79 Å². The summed E-state index contributed by atoms with van der Waals surface area (Å²) in [6.07, 6.45) is 0.0370. The summed E-state index contributed by atoms with van der Waals surface area (Å²) in [5, 5.41) is 0.428. The number of alkyl halides is 1. The molecule has 0 spiro atoms. The lowest BCUT2D eigenvalue weighted by Gasteiger charge is -2.21. The van der Waals surface area contributed by atoms with Crippen molar-refractivity contribution < 1.29 is 14.1 Å². The molecule has 0 fully saturated rings. The molecule has 0 aliphatic rings. The Balaban J connectivity index is 2.46. The molecule has 0 aromatic heterocycles. The van der Waals surface area contributed by atoms with Gasteiger partial charge in [0, 0.05) is 16.8 Å². The largest absolute Gasteiger partial charge is 0.468 e. The molecule has 0 radical (unpaired) electrons. The molecule has 2 aromatic carbocycles. The Bertz CT molecular complexity index is 600. The van der Waals surface area contributed by atoms with E-state index in [9.17, 15) is 9.36 Å². The summed E-state index contributed by atoms with van der Waals surface area (Å²) in [6.45, 7) is 0. The lowest BCUT2D eigenvalue weighted by Crippen LogP contribution is -2.27.